The summed E-state index contributed by atoms with van der Waals surface area (Å²) in [5.41, 5.74) is 2.32. The lowest BCUT2D eigenvalue weighted by molar-refractivity contribution is 0.0948. The summed E-state index contributed by atoms with van der Waals surface area (Å²) in [5.74, 6) is 1.33. The Labute approximate surface area is 142 Å². The molecule has 2 aromatic rings. The zero-order valence-corrected chi connectivity index (χ0v) is 15.1. The lowest BCUT2D eigenvalue weighted by atomic mass is 9.89. The van der Waals surface area contributed by atoms with Gasteiger partial charge in [0.15, 0.2) is 5.82 Å². The van der Waals surface area contributed by atoms with Crippen LogP contribution in [0.15, 0.2) is 16.7 Å². The molecule has 6 nitrogen and oxygen atoms in total. The standard InChI is InChI=1S/C18H27N3O3/c1-12-9-15(14(3)21(12)16-10-13(2)24-20-16)17(23)19-8-6-7-18(4,5)11-22/h9-10,22H,6-8,11H2,1-5H3,(H,19,23). The maximum Gasteiger partial charge on any atom is 0.253 e. The number of nitrogens with zero attached hydrogens (tertiary/aromatic N) is 2. The van der Waals surface area contributed by atoms with Crippen molar-refractivity contribution in [1.82, 2.24) is 15.0 Å². The van der Waals surface area contributed by atoms with Crippen molar-refractivity contribution in [3.8, 4) is 5.82 Å². The van der Waals surface area contributed by atoms with Crippen LogP contribution in [0.3, 0.4) is 0 Å². The Hall–Kier alpha value is -2.08. The Kier molecular flexibility index (Phi) is 5.49. The number of aryl methyl sites for hydroxylation is 2. The SMILES string of the molecule is Cc1cc(-n2c(C)cc(C(=O)NCCCC(C)(C)CO)c2C)no1. The highest BCUT2D eigenvalue weighted by Gasteiger charge is 2.19. The molecule has 2 N–H and O–H groups in total. The summed E-state index contributed by atoms with van der Waals surface area (Å²) in [6.45, 7) is 10.5. The van der Waals surface area contributed by atoms with Crippen LogP contribution < -0.4 is 5.32 Å². The molecule has 0 aliphatic rings. The molecule has 0 aliphatic heterocycles. The smallest absolute Gasteiger partial charge is 0.253 e. The summed E-state index contributed by atoms with van der Waals surface area (Å²) in [4.78, 5) is 12.4. The third-order valence-electron chi connectivity index (χ3n) is 4.26. The fourth-order valence-corrected chi connectivity index (χ4v) is 2.75. The van der Waals surface area contributed by atoms with Gasteiger partial charge in [0.05, 0.1) is 5.56 Å². The fourth-order valence-electron chi connectivity index (χ4n) is 2.75. The van der Waals surface area contributed by atoms with Crippen LogP contribution in [0, 0.1) is 26.2 Å². The van der Waals surface area contributed by atoms with Gasteiger partial charge in [0.25, 0.3) is 5.91 Å². The maximum absolute atomic E-state index is 12.4. The van der Waals surface area contributed by atoms with E-state index >= 15 is 0 Å². The van der Waals surface area contributed by atoms with E-state index in [2.05, 4.69) is 10.5 Å². The third kappa shape index (κ3) is 4.06. The Morgan fingerprint density at radius 1 is 1.33 bits per heavy atom. The van der Waals surface area contributed by atoms with Crippen LogP contribution in [0.2, 0.25) is 0 Å². The molecule has 0 unspecified atom stereocenters. The van der Waals surface area contributed by atoms with Gasteiger partial charge in [-0.05, 0) is 45.1 Å². The molecular weight excluding hydrogens is 306 g/mol. The van der Waals surface area contributed by atoms with Crippen molar-refractivity contribution in [2.24, 2.45) is 5.41 Å². The van der Waals surface area contributed by atoms with Gasteiger partial charge >= 0.3 is 0 Å². The number of nitrogens with one attached hydrogen (secondary N) is 1. The number of carbonyl (C=O) groups is 1. The number of aromatic nitrogens is 2. The summed E-state index contributed by atoms with van der Waals surface area (Å²) in [7, 11) is 0. The molecule has 0 saturated heterocycles. The molecule has 0 bridgehead atoms. The predicted molar refractivity (Wildman–Crippen MR) is 92.5 cm³/mol. The average Bonchev–Trinajstić information content (AvgIpc) is 3.06. The number of carbonyl (C=O) groups excluding carboxylic acids is 1. The van der Waals surface area contributed by atoms with E-state index < -0.39 is 0 Å². The molecule has 0 aliphatic carbocycles. The predicted octanol–water partition coefficient (Wildman–Crippen LogP) is 2.92. The van der Waals surface area contributed by atoms with Crippen molar-refractivity contribution in [2.75, 3.05) is 13.2 Å². The summed E-state index contributed by atoms with van der Waals surface area (Å²) >= 11 is 0. The topological polar surface area (TPSA) is 80.3 Å². The molecule has 0 saturated carbocycles. The highest BCUT2D eigenvalue weighted by Crippen LogP contribution is 2.22. The molecule has 0 atom stereocenters. The fraction of sp³-hybridized carbons (Fsp3) is 0.556. The van der Waals surface area contributed by atoms with Crippen molar-refractivity contribution in [1.29, 1.82) is 0 Å². The summed E-state index contributed by atoms with van der Waals surface area (Å²) in [6.07, 6.45) is 1.70. The number of aliphatic hydroxyl groups excluding tert-OH is 1. The van der Waals surface area contributed by atoms with Gasteiger partial charge in [-0.2, -0.15) is 0 Å². The Morgan fingerprint density at radius 3 is 2.62 bits per heavy atom. The van der Waals surface area contributed by atoms with Gasteiger partial charge in [0.2, 0.25) is 0 Å². The molecule has 6 heteroatoms. The maximum atomic E-state index is 12.4. The minimum absolute atomic E-state index is 0.0867. The van der Waals surface area contributed by atoms with Crippen molar-refractivity contribution in [3.63, 3.8) is 0 Å². The van der Waals surface area contributed by atoms with Gasteiger partial charge in [-0.25, -0.2) is 0 Å². The van der Waals surface area contributed by atoms with Crippen LogP contribution in [0.4, 0.5) is 0 Å². The number of hydrogen-bond acceptors (Lipinski definition) is 4. The van der Waals surface area contributed by atoms with Crippen LogP contribution in [0.5, 0.6) is 0 Å². The Morgan fingerprint density at radius 2 is 2.04 bits per heavy atom. The van der Waals surface area contributed by atoms with Crippen LogP contribution in [0.25, 0.3) is 5.82 Å². The average molecular weight is 333 g/mol. The first-order chi connectivity index (χ1) is 11.2. The Bertz CT molecular complexity index is 713. The normalized spacial score (nSPS) is 11.8. The van der Waals surface area contributed by atoms with Gasteiger partial charge in [0.1, 0.15) is 5.76 Å². The van der Waals surface area contributed by atoms with E-state index in [1.54, 1.807) is 0 Å². The minimum Gasteiger partial charge on any atom is -0.396 e. The molecule has 24 heavy (non-hydrogen) atoms. The molecule has 0 radical (unpaired) electrons. The van der Waals surface area contributed by atoms with E-state index in [9.17, 15) is 9.90 Å². The van der Waals surface area contributed by atoms with Crippen LogP contribution in [-0.2, 0) is 0 Å². The Balaban J connectivity index is 2.03. The third-order valence-corrected chi connectivity index (χ3v) is 4.26. The highest BCUT2D eigenvalue weighted by atomic mass is 16.5. The molecule has 1 amide bonds. The molecule has 2 heterocycles. The monoisotopic (exact) mass is 333 g/mol. The summed E-state index contributed by atoms with van der Waals surface area (Å²) in [6, 6.07) is 3.71. The first-order valence-corrected chi connectivity index (χ1v) is 8.27. The molecular formula is C18H27N3O3. The van der Waals surface area contributed by atoms with Gasteiger partial charge in [0, 0.05) is 30.6 Å². The second kappa shape index (κ2) is 7.21. The highest BCUT2D eigenvalue weighted by molar-refractivity contribution is 5.95. The number of aliphatic hydroxyl groups is 1. The van der Waals surface area contributed by atoms with Crippen LogP contribution >= 0.6 is 0 Å². The second-order valence-corrected chi connectivity index (χ2v) is 7.10. The summed E-state index contributed by atoms with van der Waals surface area (Å²) in [5, 5.41) is 16.2. The van der Waals surface area contributed by atoms with Crippen LogP contribution in [0.1, 0.15) is 54.2 Å². The minimum atomic E-state index is -0.106. The molecule has 0 aromatic carbocycles. The second-order valence-electron chi connectivity index (χ2n) is 7.10. The van der Waals surface area contributed by atoms with Crippen LogP contribution in [-0.4, -0.2) is 33.9 Å². The molecule has 2 rings (SSSR count). The number of hydrogen-bond donors (Lipinski definition) is 2. The first-order valence-electron chi connectivity index (χ1n) is 8.27. The van der Waals surface area contributed by atoms with E-state index in [1.807, 2.05) is 51.3 Å². The lowest BCUT2D eigenvalue weighted by Gasteiger charge is -2.21. The van der Waals surface area contributed by atoms with Crippen molar-refractivity contribution in [3.05, 3.63) is 34.8 Å². The zero-order chi connectivity index (χ0) is 17.9. The van der Waals surface area contributed by atoms with Gasteiger partial charge < -0.3 is 14.9 Å². The largest absolute Gasteiger partial charge is 0.396 e. The number of amides is 1. The zero-order valence-electron chi connectivity index (χ0n) is 15.1. The van der Waals surface area contributed by atoms with Gasteiger partial charge in [-0.1, -0.05) is 19.0 Å². The van der Waals surface area contributed by atoms with E-state index in [1.165, 1.54) is 0 Å². The van der Waals surface area contributed by atoms with Crippen molar-refractivity contribution in [2.45, 2.75) is 47.5 Å². The van der Waals surface area contributed by atoms with Gasteiger partial charge in [-0.3, -0.25) is 9.36 Å². The van der Waals surface area contributed by atoms with E-state index in [-0.39, 0.29) is 17.9 Å². The molecule has 2 aromatic heterocycles. The number of rotatable bonds is 7. The van der Waals surface area contributed by atoms with Crippen molar-refractivity contribution < 1.29 is 14.4 Å². The van der Waals surface area contributed by atoms with Gasteiger partial charge in [-0.15, -0.1) is 0 Å². The van der Waals surface area contributed by atoms with E-state index in [0.717, 1.165) is 30.0 Å². The van der Waals surface area contributed by atoms with Crippen molar-refractivity contribution >= 4 is 5.91 Å². The van der Waals surface area contributed by atoms with E-state index in [4.69, 9.17) is 4.52 Å². The molecule has 132 valence electrons. The first kappa shape index (κ1) is 18.3. The molecule has 0 fully saturated rings. The quantitative estimate of drug-likeness (QED) is 0.764. The van der Waals surface area contributed by atoms with E-state index in [0.29, 0.717) is 17.9 Å². The molecule has 0 spiro atoms. The lowest BCUT2D eigenvalue weighted by Crippen LogP contribution is -2.26. The summed E-state index contributed by atoms with van der Waals surface area (Å²) < 4.78 is 7.05.